The molecule has 2 fully saturated rings. The van der Waals surface area contributed by atoms with E-state index in [0.29, 0.717) is 0 Å². The number of aliphatic hydroxyl groups is 7. The molecule has 1 unspecified atom stereocenters. The molecule has 0 radical (unpaired) electrons. The van der Waals surface area contributed by atoms with E-state index in [0.717, 1.165) is 0 Å². The number of ether oxygens (including phenoxy) is 3. The molecule has 14 nitrogen and oxygen atoms in total. The zero-order valence-corrected chi connectivity index (χ0v) is 14.5. The Morgan fingerprint density at radius 2 is 1.48 bits per heavy atom. The average Bonchev–Trinajstić information content (AvgIpc) is 2.60. The van der Waals surface area contributed by atoms with Gasteiger partial charge in [0.25, 0.3) is 0 Å². The number of aliphatic hydroxyl groups excluding tert-OH is 7. The minimum absolute atomic E-state index is 0.776. The Balaban J connectivity index is 2.11. The molecule has 7 N–H and O–H groups in total. The first-order valence-corrected chi connectivity index (χ1v) is 9.24. The fourth-order valence-electron chi connectivity index (χ4n) is 2.72. The Hall–Kier alpha value is -0.290. The van der Waals surface area contributed by atoms with Crippen molar-refractivity contribution in [3.05, 3.63) is 0 Å². The second-order valence-electron chi connectivity index (χ2n) is 6.09. The van der Waals surface area contributed by atoms with E-state index in [1.54, 1.807) is 0 Å². The van der Waals surface area contributed by atoms with Crippen LogP contribution in [0.15, 0.2) is 0 Å². The summed E-state index contributed by atoms with van der Waals surface area (Å²) in [5.41, 5.74) is 0. The summed E-state index contributed by atoms with van der Waals surface area (Å²) in [6, 6.07) is 0. The van der Waals surface area contributed by atoms with Crippen molar-refractivity contribution in [3.63, 3.8) is 0 Å². The second kappa shape index (κ2) is 9.02. The van der Waals surface area contributed by atoms with Gasteiger partial charge >= 0.3 is 0 Å². The van der Waals surface area contributed by atoms with E-state index in [1.165, 1.54) is 0 Å². The summed E-state index contributed by atoms with van der Waals surface area (Å²) < 4.78 is 29.7. The minimum Gasteiger partial charge on any atom is -0.790 e. The molecule has 160 valence electrons. The Bertz CT molecular complexity index is 526. The van der Waals surface area contributed by atoms with Crippen LogP contribution in [-0.2, 0) is 23.3 Å². The lowest BCUT2D eigenvalue weighted by molar-refractivity contribution is -0.362. The highest BCUT2D eigenvalue weighted by molar-refractivity contribution is 7.43. The van der Waals surface area contributed by atoms with E-state index >= 15 is 0 Å². The van der Waals surface area contributed by atoms with E-state index in [2.05, 4.69) is 4.52 Å². The molecule has 0 saturated carbocycles. The van der Waals surface area contributed by atoms with E-state index < -0.39 is 82.4 Å². The molecule has 0 aromatic heterocycles. The van der Waals surface area contributed by atoms with Crippen LogP contribution < -0.4 is 9.79 Å². The van der Waals surface area contributed by atoms with E-state index in [1.807, 2.05) is 0 Å². The van der Waals surface area contributed by atoms with Crippen LogP contribution in [0.5, 0.6) is 0 Å². The largest absolute Gasteiger partial charge is 0.790 e. The van der Waals surface area contributed by atoms with Crippen LogP contribution in [-0.4, -0.2) is 110 Å². The van der Waals surface area contributed by atoms with Gasteiger partial charge in [0, 0.05) is 0 Å². The smallest absolute Gasteiger partial charge is 0.187 e. The van der Waals surface area contributed by atoms with Gasteiger partial charge < -0.3 is 68.8 Å². The van der Waals surface area contributed by atoms with Crippen LogP contribution in [0.4, 0.5) is 0 Å². The second-order valence-corrected chi connectivity index (χ2v) is 7.24. The van der Waals surface area contributed by atoms with Gasteiger partial charge in [-0.1, -0.05) is 0 Å². The van der Waals surface area contributed by atoms with Gasteiger partial charge in [0.05, 0.1) is 21.0 Å². The monoisotopic (exact) mass is 420 g/mol. The lowest BCUT2D eigenvalue weighted by Gasteiger charge is -2.45. The molecule has 2 aliphatic heterocycles. The minimum atomic E-state index is -5.42. The van der Waals surface area contributed by atoms with Crippen molar-refractivity contribution in [2.45, 2.75) is 61.4 Å². The zero-order valence-electron chi connectivity index (χ0n) is 13.6. The molecule has 2 heterocycles. The lowest BCUT2D eigenvalue weighted by Crippen LogP contribution is -2.64. The van der Waals surface area contributed by atoms with E-state index in [-0.39, 0.29) is 0 Å². The number of rotatable bonds is 6. The molecule has 0 aromatic carbocycles. The molecular weight excluding hydrogens is 399 g/mol. The highest BCUT2D eigenvalue weighted by Crippen LogP contribution is 2.31. The number of phosphoric acid groups is 1. The number of hydrogen-bond donors (Lipinski definition) is 7. The maximum absolute atomic E-state index is 10.6. The van der Waals surface area contributed by atoms with Crippen molar-refractivity contribution in [2.75, 3.05) is 13.2 Å². The topological polar surface area (TPSA) is 242 Å². The first-order chi connectivity index (χ1) is 12.5. The summed E-state index contributed by atoms with van der Waals surface area (Å²) in [5.74, 6) is 0. The summed E-state index contributed by atoms with van der Waals surface area (Å²) in [6.45, 7) is -1.77. The van der Waals surface area contributed by atoms with Crippen molar-refractivity contribution in [3.8, 4) is 0 Å². The van der Waals surface area contributed by atoms with E-state index in [4.69, 9.17) is 14.2 Å². The third kappa shape index (κ3) is 5.41. The van der Waals surface area contributed by atoms with Crippen LogP contribution >= 0.6 is 7.82 Å². The molecule has 0 bridgehead atoms. The summed E-state index contributed by atoms with van der Waals surface area (Å²) in [6.07, 6.45) is -17.5. The Kier molecular flexibility index (Phi) is 7.68. The van der Waals surface area contributed by atoms with Crippen LogP contribution in [0.25, 0.3) is 0 Å². The molecule has 0 spiro atoms. The molecule has 27 heavy (non-hydrogen) atoms. The highest BCUT2D eigenvalue weighted by atomic mass is 31.2. The predicted molar refractivity (Wildman–Crippen MR) is 75.1 cm³/mol. The predicted octanol–water partition coefficient (Wildman–Crippen LogP) is -6.54. The SMILES string of the molecule is O=P([O-])([O-])OC[C@H]1O[C@H](O[C@H]2[C@H](O)[C@@H](O)C(O)O[C@@H]2CO)[C@H](O)[C@@H](O)[C@@H]1O. The number of phosphoric ester groups is 1. The van der Waals surface area contributed by atoms with Crippen LogP contribution in [0.3, 0.4) is 0 Å². The molecule has 0 aliphatic carbocycles. The fraction of sp³-hybridized carbons (Fsp3) is 1.00. The highest BCUT2D eigenvalue weighted by Gasteiger charge is 2.50. The third-order valence-electron chi connectivity index (χ3n) is 4.20. The van der Waals surface area contributed by atoms with Gasteiger partial charge in [-0.2, -0.15) is 0 Å². The van der Waals surface area contributed by atoms with Gasteiger partial charge in [-0.15, -0.1) is 0 Å². The Morgan fingerprint density at radius 3 is 2.04 bits per heavy atom. The molecular formula is C12H21O14P-2. The van der Waals surface area contributed by atoms with Crippen molar-refractivity contribution >= 4 is 7.82 Å². The first kappa shape index (κ1) is 23.0. The van der Waals surface area contributed by atoms with Crippen LogP contribution in [0, 0.1) is 0 Å². The van der Waals surface area contributed by atoms with Gasteiger partial charge in [0.15, 0.2) is 12.6 Å². The molecule has 0 aromatic rings. The standard InChI is InChI=1S/C12H23O14P/c13-1-3-10(7(16)8(17)11(19)24-3)26-12-9(18)6(15)5(14)4(25-12)2-23-27(20,21)22/h3-19H,1-2H2,(H2,20,21,22)/p-2/t3-,4-,5-,6+,7-,8-,9-,10-,11?,12-/m1/s1. The Labute approximate surface area is 152 Å². The first-order valence-electron chi connectivity index (χ1n) is 7.78. The summed E-state index contributed by atoms with van der Waals surface area (Å²) in [5, 5.41) is 68.0. The maximum atomic E-state index is 10.6. The van der Waals surface area contributed by atoms with Crippen molar-refractivity contribution in [1.82, 2.24) is 0 Å². The summed E-state index contributed by atoms with van der Waals surface area (Å²) in [7, 11) is -5.42. The maximum Gasteiger partial charge on any atom is 0.187 e. The average molecular weight is 420 g/mol. The normalized spacial score (nSPS) is 46.4. The summed E-state index contributed by atoms with van der Waals surface area (Å²) in [4.78, 5) is 21.1. The quantitative estimate of drug-likeness (QED) is 0.198. The van der Waals surface area contributed by atoms with Gasteiger partial charge in [-0.05, 0) is 0 Å². The van der Waals surface area contributed by atoms with E-state index in [9.17, 15) is 50.1 Å². The van der Waals surface area contributed by atoms with Crippen LogP contribution in [0.1, 0.15) is 0 Å². The Morgan fingerprint density at radius 1 is 0.852 bits per heavy atom. The molecule has 2 saturated heterocycles. The molecule has 10 atom stereocenters. The summed E-state index contributed by atoms with van der Waals surface area (Å²) >= 11 is 0. The lowest BCUT2D eigenvalue weighted by atomic mass is 9.97. The molecule has 2 aliphatic rings. The fourth-order valence-corrected chi connectivity index (χ4v) is 3.05. The molecule has 2 rings (SSSR count). The van der Waals surface area contributed by atoms with Crippen LogP contribution in [0.2, 0.25) is 0 Å². The van der Waals surface area contributed by atoms with Gasteiger partial charge in [0.2, 0.25) is 0 Å². The van der Waals surface area contributed by atoms with Gasteiger partial charge in [0.1, 0.15) is 48.8 Å². The van der Waals surface area contributed by atoms with Gasteiger partial charge in [-0.25, -0.2) is 0 Å². The van der Waals surface area contributed by atoms with Crippen molar-refractivity contribution < 1.29 is 68.8 Å². The van der Waals surface area contributed by atoms with Crippen molar-refractivity contribution in [1.29, 1.82) is 0 Å². The molecule has 0 amide bonds. The third-order valence-corrected chi connectivity index (χ3v) is 4.66. The van der Waals surface area contributed by atoms with Gasteiger partial charge in [-0.3, -0.25) is 0 Å². The zero-order chi connectivity index (χ0) is 20.5. The molecule has 15 heteroatoms. The number of hydrogen-bond acceptors (Lipinski definition) is 14. The van der Waals surface area contributed by atoms with Crippen molar-refractivity contribution in [2.24, 2.45) is 0 Å².